The molecular weight excluding hydrogens is 255 g/mol. The molecule has 0 bridgehead atoms. The van der Waals surface area contributed by atoms with E-state index in [-0.39, 0.29) is 5.75 Å². The minimum absolute atomic E-state index is 0.199. The first-order valence-corrected chi connectivity index (χ1v) is 5.63. The highest BCUT2D eigenvalue weighted by Crippen LogP contribution is 2.28. The van der Waals surface area contributed by atoms with Crippen LogP contribution in [0.1, 0.15) is 0 Å². The number of nitrogen functional groups attached to an aromatic ring is 1. The first-order valence-electron chi connectivity index (χ1n) is 5.26. The highest BCUT2D eigenvalue weighted by atomic mass is 35.5. The maximum atomic E-state index is 13.5. The van der Waals surface area contributed by atoms with Crippen LogP contribution in [0.25, 0.3) is 0 Å². The van der Waals surface area contributed by atoms with Crippen molar-refractivity contribution in [2.75, 3.05) is 18.2 Å². The fraction of sp³-hybridized carbons (Fsp3) is 0.0769. The molecule has 0 saturated carbocycles. The van der Waals surface area contributed by atoms with E-state index in [2.05, 4.69) is 5.32 Å². The average Bonchev–Trinajstić information content (AvgIpc) is 2.33. The van der Waals surface area contributed by atoms with E-state index in [0.717, 1.165) is 0 Å². The molecule has 0 atom stereocenters. The molecule has 0 fully saturated rings. The summed E-state index contributed by atoms with van der Waals surface area (Å²) in [5.74, 6) is -0.236. The van der Waals surface area contributed by atoms with Crippen LogP contribution in [-0.4, -0.2) is 7.11 Å². The van der Waals surface area contributed by atoms with Gasteiger partial charge in [0.25, 0.3) is 0 Å². The van der Waals surface area contributed by atoms with E-state index in [0.29, 0.717) is 22.1 Å². The van der Waals surface area contributed by atoms with Crippen LogP contribution in [0.5, 0.6) is 5.75 Å². The van der Waals surface area contributed by atoms with Crippen LogP contribution >= 0.6 is 11.6 Å². The van der Waals surface area contributed by atoms with Gasteiger partial charge in [-0.1, -0.05) is 11.6 Å². The van der Waals surface area contributed by atoms with Crippen molar-refractivity contribution < 1.29 is 9.13 Å². The molecule has 0 aliphatic carbocycles. The fourth-order valence-electron chi connectivity index (χ4n) is 1.55. The summed E-state index contributed by atoms with van der Waals surface area (Å²) in [6.45, 7) is 0. The van der Waals surface area contributed by atoms with Gasteiger partial charge < -0.3 is 15.8 Å². The van der Waals surface area contributed by atoms with Crippen molar-refractivity contribution in [2.24, 2.45) is 0 Å². The number of anilines is 3. The molecule has 0 aromatic heterocycles. The number of ether oxygens (including phenoxy) is 1. The van der Waals surface area contributed by atoms with Crippen LogP contribution in [0.2, 0.25) is 5.02 Å². The number of methoxy groups -OCH3 is 1. The van der Waals surface area contributed by atoms with Gasteiger partial charge in [-0.3, -0.25) is 0 Å². The average molecular weight is 267 g/mol. The summed E-state index contributed by atoms with van der Waals surface area (Å²) in [7, 11) is 1.42. The summed E-state index contributed by atoms with van der Waals surface area (Å²) in [6, 6.07) is 9.66. The highest BCUT2D eigenvalue weighted by Gasteiger charge is 2.05. The van der Waals surface area contributed by atoms with Crippen molar-refractivity contribution in [2.45, 2.75) is 0 Å². The molecule has 2 rings (SSSR count). The molecule has 0 aliphatic heterocycles. The first kappa shape index (κ1) is 12.5. The zero-order valence-corrected chi connectivity index (χ0v) is 10.5. The van der Waals surface area contributed by atoms with Gasteiger partial charge in [-0.05, 0) is 30.3 Å². The number of halogens is 2. The molecule has 0 unspecified atom stereocenters. The van der Waals surface area contributed by atoms with Gasteiger partial charge in [0.15, 0.2) is 11.6 Å². The maximum absolute atomic E-state index is 13.5. The van der Waals surface area contributed by atoms with E-state index in [9.17, 15) is 4.39 Å². The lowest BCUT2D eigenvalue weighted by Crippen LogP contribution is -1.97. The van der Waals surface area contributed by atoms with Crippen molar-refractivity contribution in [3.05, 3.63) is 47.2 Å². The Hall–Kier alpha value is -1.94. The predicted molar refractivity (Wildman–Crippen MR) is 72.1 cm³/mol. The van der Waals surface area contributed by atoms with Crippen LogP contribution in [0.3, 0.4) is 0 Å². The number of nitrogens with two attached hydrogens (primary N) is 1. The Morgan fingerprint density at radius 2 is 2.00 bits per heavy atom. The van der Waals surface area contributed by atoms with Gasteiger partial charge in [-0.2, -0.15) is 0 Å². The summed E-state index contributed by atoms with van der Waals surface area (Å²) < 4.78 is 18.3. The van der Waals surface area contributed by atoms with Crippen LogP contribution in [0, 0.1) is 5.82 Å². The van der Waals surface area contributed by atoms with E-state index >= 15 is 0 Å². The van der Waals surface area contributed by atoms with Gasteiger partial charge >= 0.3 is 0 Å². The number of rotatable bonds is 3. The topological polar surface area (TPSA) is 47.3 Å². The molecule has 0 amide bonds. The summed E-state index contributed by atoms with van der Waals surface area (Å²) in [4.78, 5) is 0. The highest BCUT2D eigenvalue weighted by molar-refractivity contribution is 6.31. The minimum Gasteiger partial charge on any atom is -0.494 e. The SMILES string of the molecule is COc1ccc(Nc2ccc(Cl)cc2N)cc1F. The van der Waals surface area contributed by atoms with Crippen molar-refractivity contribution in [1.82, 2.24) is 0 Å². The van der Waals surface area contributed by atoms with Crippen molar-refractivity contribution in [1.29, 1.82) is 0 Å². The Balaban J connectivity index is 2.26. The van der Waals surface area contributed by atoms with Gasteiger partial charge in [0, 0.05) is 16.8 Å². The van der Waals surface area contributed by atoms with E-state index in [1.165, 1.54) is 13.2 Å². The molecule has 2 aromatic rings. The molecule has 0 aliphatic rings. The molecule has 5 heteroatoms. The Morgan fingerprint density at radius 3 is 2.61 bits per heavy atom. The second-order valence-electron chi connectivity index (χ2n) is 3.71. The largest absolute Gasteiger partial charge is 0.494 e. The third kappa shape index (κ3) is 2.65. The monoisotopic (exact) mass is 266 g/mol. The lowest BCUT2D eigenvalue weighted by atomic mass is 10.2. The Labute approximate surface area is 109 Å². The summed E-state index contributed by atoms with van der Waals surface area (Å²) in [5.41, 5.74) is 7.55. The van der Waals surface area contributed by atoms with Gasteiger partial charge in [0.05, 0.1) is 18.5 Å². The van der Waals surface area contributed by atoms with Gasteiger partial charge in [-0.15, -0.1) is 0 Å². The van der Waals surface area contributed by atoms with Gasteiger partial charge in [0.2, 0.25) is 0 Å². The Morgan fingerprint density at radius 1 is 1.22 bits per heavy atom. The molecule has 3 N–H and O–H groups in total. The lowest BCUT2D eigenvalue weighted by molar-refractivity contribution is 0.386. The zero-order valence-electron chi connectivity index (χ0n) is 9.71. The minimum atomic E-state index is -0.435. The van der Waals surface area contributed by atoms with E-state index in [4.69, 9.17) is 22.1 Å². The van der Waals surface area contributed by atoms with Gasteiger partial charge in [-0.25, -0.2) is 4.39 Å². The van der Waals surface area contributed by atoms with Crippen molar-refractivity contribution >= 4 is 28.7 Å². The van der Waals surface area contributed by atoms with Gasteiger partial charge in [0.1, 0.15) is 0 Å². The van der Waals surface area contributed by atoms with E-state index < -0.39 is 5.82 Å². The third-order valence-electron chi connectivity index (χ3n) is 2.44. The number of hydrogen-bond acceptors (Lipinski definition) is 3. The van der Waals surface area contributed by atoms with Crippen molar-refractivity contribution in [3.63, 3.8) is 0 Å². The van der Waals surface area contributed by atoms with Crippen LogP contribution in [0.15, 0.2) is 36.4 Å². The van der Waals surface area contributed by atoms with Crippen molar-refractivity contribution in [3.8, 4) is 5.75 Å². The molecule has 2 aromatic carbocycles. The van der Waals surface area contributed by atoms with E-state index in [1.807, 2.05) is 0 Å². The molecule has 18 heavy (non-hydrogen) atoms. The van der Waals surface area contributed by atoms with Crippen LogP contribution in [-0.2, 0) is 0 Å². The quantitative estimate of drug-likeness (QED) is 0.831. The second-order valence-corrected chi connectivity index (χ2v) is 4.14. The summed E-state index contributed by atoms with van der Waals surface area (Å²) in [5, 5.41) is 3.57. The Kier molecular flexibility index (Phi) is 3.58. The second kappa shape index (κ2) is 5.14. The number of hydrogen-bond donors (Lipinski definition) is 2. The molecule has 0 saturated heterocycles. The van der Waals surface area contributed by atoms with Crippen LogP contribution in [0.4, 0.5) is 21.5 Å². The van der Waals surface area contributed by atoms with E-state index in [1.54, 1.807) is 30.3 Å². The summed E-state index contributed by atoms with van der Waals surface area (Å²) in [6.07, 6.45) is 0. The fourth-order valence-corrected chi connectivity index (χ4v) is 1.73. The zero-order chi connectivity index (χ0) is 13.1. The summed E-state index contributed by atoms with van der Waals surface area (Å²) >= 11 is 5.80. The number of benzene rings is 2. The molecule has 0 radical (unpaired) electrons. The standard InChI is InChI=1S/C13H12ClFN2O/c1-18-13-5-3-9(7-10(13)15)17-12-4-2-8(14)6-11(12)16/h2-7,17H,16H2,1H3. The van der Waals surface area contributed by atoms with Crippen LogP contribution < -0.4 is 15.8 Å². The molecule has 0 heterocycles. The number of nitrogens with one attached hydrogen (secondary N) is 1. The Bertz CT molecular complexity index is 575. The lowest BCUT2D eigenvalue weighted by Gasteiger charge is -2.10. The molecule has 94 valence electrons. The maximum Gasteiger partial charge on any atom is 0.167 e. The normalized spacial score (nSPS) is 10.2. The predicted octanol–water partition coefficient (Wildman–Crippen LogP) is 3.81. The molecule has 0 spiro atoms. The smallest absolute Gasteiger partial charge is 0.167 e. The molecule has 3 nitrogen and oxygen atoms in total. The molecular formula is C13H12ClFN2O. The third-order valence-corrected chi connectivity index (χ3v) is 2.68. The first-order chi connectivity index (χ1) is 8.60.